The van der Waals surface area contributed by atoms with Crippen LogP contribution in [0.1, 0.15) is 33.4 Å². The Hall–Kier alpha value is -2.74. The number of benzene rings is 3. The molecule has 25 heavy (non-hydrogen) atoms. The van der Waals surface area contributed by atoms with E-state index in [9.17, 15) is 0 Å². The maximum Gasteiger partial charge on any atom is 0.0346 e. The standard InChI is InChI=1S/C15H17N.C8H11N/c1-11-9-15(16)12(2)8-14(11)10-13-6-4-3-5-7-13;1-6-3-4-7(2)8(9)5-6/h3-9H,10,16H2,1-2H3;3-5H,9H2,1-2H3. The van der Waals surface area contributed by atoms with Gasteiger partial charge in [-0.3, -0.25) is 0 Å². The van der Waals surface area contributed by atoms with E-state index >= 15 is 0 Å². The summed E-state index contributed by atoms with van der Waals surface area (Å²) in [5.41, 5.74) is 20.8. The summed E-state index contributed by atoms with van der Waals surface area (Å²) >= 11 is 0. The molecule has 0 heterocycles. The molecule has 0 fully saturated rings. The van der Waals surface area contributed by atoms with Crippen molar-refractivity contribution in [1.29, 1.82) is 0 Å². The molecule has 3 rings (SSSR count). The van der Waals surface area contributed by atoms with E-state index < -0.39 is 0 Å². The summed E-state index contributed by atoms with van der Waals surface area (Å²) in [6.07, 6.45) is 0.980. The SMILES string of the molecule is Cc1cc(Cc2ccccc2)c(C)cc1N.Cc1ccc(C)c(N)c1. The first-order valence-corrected chi connectivity index (χ1v) is 8.59. The second kappa shape index (κ2) is 8.39. The maximum absolute atomic E-state index is 5.88. The van der Waals surface area contributed by atoms with Gasteiger partial charge in [0.05, 0.1) is 0 Å². The van der Waals surface area contributed by atoms with Crippen molar-refractivity contribution in [2.75, 3.05) is 11.5 Å². The van der Waals surface area contributed by atoms with Crippen molar-refractivity contribution in [3.05, 3.63) is 94.0 Å². The van der Waals surface area contributed by atoms with Gasteiger partial charge in [-0.25, -0.2) is 0 Å². The van der Waals surface area contributed by atoms with Gasteiger partial charge in [0, 0.05) is 11.4 Å². The highest BCUT2D eigenvalue weighted by Crippen LogP contribution is 2.20. The Kier molecular flexibility index (Phi) is 6.24. The molecule has 0 atom stereocenters. The van der Waals surface area contributed by atoms with Crippen LogP contribution in [0.25, 0.3) is 0 Å². The summed E-state index contributed by atoms with van der Waals surface area (Å²) in [6, 6.07) is 20.8. The summed E-state index contributed by atoms with van der Waals surface area (Å²) in [4.78, 5) is 0. The van der Waals surface area contributed by atoms with E-state index in [4.69, 9.17) is 11.5 Å². The normalized spacial score (nSPS) is 10.1. The molecule has 3 aromatic carbocycles. The summed E-state index contributed by atoms with van der Waals surface area (Å²) in [5, 5.41) is 0. The van der Waals surface area contributed by atoms with E-state index in [1.54, 1.807) is 0 Å². The van der Waals surface area contributed by atoms with Crippen LogP contribution in [0.3, 0.4) is 0 Å². The van der Waals surface area contributed by atoms with Crippen LogP contribution in [-0.2, 0) is 6.42 Å². The van der Waals surface area contributed by atoms with Gasteiger partial charge in [0.2, 0.25) is 0 Å². The molecule has 0 unspecified atom stereocenters. The predicted octanol–water partition coefficient (Wildman–Crippen LogP) is 5.36. The minimum Gasteiger partial charge on any atom is -0.399 e. The third-order valence-corrected chi connectivity index (χ3v) is 4.40. The fraction of sp³-hybridized carbons (Fsp3) is 0.217. The molecular formula is C23H28N2. The maximum atomic E-state index is 5.88. The zero-order valence-electron chi connectivity index (χ0n) is 15.6. The Morgan fingerprint density at radius 1 is 0.640 bits per heavy atom. The lowest BCUT2D eigenvalue weighted by atomic mass is 9.98. The molecule has 0 saturated heterocycles. The molecule has 0 saturated carbocycles. The minimum absolute atomic E-state index is 0.884. The van der Waals surface area contributed by atoms with Crippen molar-refractivity contribution >= 4 is 11.4 Å². The molecule has 2 nitrogen and oxygen atoms in total. The molecule has 4 N–H and O–H groups in total. The van der Waals surface area contributed by atoms with Crippen molar-refractivity contribution in [1.82, 2.24) is 0 Å². The van der Waals surface area contributed by atoms with Crippen molar-refractivity contribution in [3.63, 3.8) is 0 Å². The monoisotopic (exact) mass is 332 g/mol. The van der Waals surface area contributed by atoms with Gasteiger partial charge < -0.3 is 11.5 Å². The molecule has 0 spiro atoms. The summed E-state index contributed by atoms with van der Waals surface area (Å²) < 4.78 is 0. The smallest absolute Gasteiger partial charge is 0.0346 e. The molecule has 0 aromatic heterocycles. The Labute approximate surface area is 151 Å². The van der Waals surface area contributed by atoms with E-state index in [1.807, 2.05) is 32.0 Å². The summed E-state index contributed by atoms with van der Waals surface area (Å²) in [7, 11) is 0. The van der Waals surface area contributed by atoms with E-state index in [0.717, 1.165) is 28.9 Å². The van der Waals surface area contributed by atoms with Crippen LogP contribution in [0, 0.1) is 27.7 Å². The lowest BCUT2D eigenvalue weighted by molar-refractivity contribution is 1.15. The lowest BCUT2D eigenvalue weighted by Gasteiger charge is -2.09. The number of rotatable bonds is 2. The fourth-order valence-electron chi connectivity index (χ4n) is 2.66. The highest BCUT2D eigenvalue weighted by molar-refractivity contribution is 5.52. The summed E-state index contributed by atoms with van der Waals surface area (Å²) in [5.74, 6) is 0. The Morgan fingerprint density at radius 2 is 1.28 bits per heavy atom. The second-order valence-corrected chi connectivity index (χ2v) is 6.66. The number of aryl methyl sites for hydroxylation is 4. The Balaban J connectivity index is 0.000000212. The van der Waals surface area contributed by atoms with Crippen molar-refractivity contribution in [2.45, 2.75) is 34.1 Å². The van der Waals surface area contributed by atoms with Crippen LogP contribution < -0.4 is 11.5 Å². The largest absolute Gasteiger partial charge is 0.399 e. The van der Waals surface area contributed by atoms with Crippen LogP contribution in [0.4, 0.5) is 11.4 Å². The van der Waals surface area contributed by atoms with E-state index in [0.29, 0.717) is 0 Å². The average molecular weight is 332 g/mol. The van der Waals surface area contributed by atoms with Crippen molar-refractivity contribution < 1.29 is 0 Å². The van der Waals surface area contributed by atoms with Crippen LogP contribution in [-0.4, -0.2) is 0 Å². The van der Waals surface area contributed by atoms with E-state index in [-0.39, 0.29) is 0 Å². The van der Waals surface area contributed by atoms with Gasteiger partial charge in [0.1, 0.15) is 0 Å². The van der Waals surface area contributed by atoms with Gasteiger partial charge in [-0.15, -0.1) is 0 Å². The van der Waals surface area contributed by atoms with Gasteiger partial charge in [-0.05, 0) is 79.6 Å². The average Bonchev–Trinajstić information content (AvgIpc) is 2.58. The predicted molar refractivity (Wildman–Crippen MR) is 110 cm³/mol. The van der Waals surface area contributed by atoms with E-state index in [2.05, 4.69) is 56.3 Å². The highest BCUT2D eigenvalue weighted by atomic mass is 14.6. The molecule has 130 valence electrons. The molecule has 0 aliphatic heterocycles. The third-order valence-electron chi connectivity index (χ3n) is 4.40. The number of nitrogen functional groups attached to an aromatic ring is 2. The van der Waals surface area contributed by atoms with Crippen molar-refractivity contribution in [2.24, 2.45) is 0 Å². The first kappa shape index (κ1) is 18.6. The molecule has 3 aromatic rings. The van der Waals surface area contributed by atoms with Crippen LogP contribution in [0.15, 0.2) is 60.7 Å². The van der Waals surface area contributed by atoms with Crippen LogP contribution in [0.2, 0.25) is 0 Å². The first-order chi connectivity index (χ1) is 11.9. The molecule has 0 aliphatic carbocycles. The van der Waals surface area contributed by atoms with Gasteiger partial charge in [-0.2, -0.15) is 0 Å². The topological polar surface area (TPSA) is 52.0 Å². The second-order valence-electron chi connectivity index (χ2n) is 6.66. The molecule has 0 bridgehead atoms. The quantitative estimate of drug-likeness (QED) is 0.620. The van der Waals surface area contributed by atoms with Crippen LogP contribution in [0.5, 0.6) is 0 Å². The molecule has 2 heteroatoms. The summed E-state index contributed by atoms with van der Waals surface area (Å²) in [6.45, 7) is 8.22. The van der Waals surface area contributed by atoms with E-state index in [1.165, 1.54) is 22.3 Å². The lowest BCUT2D eigenvalue weighted by Crippen LogP contribution is -1.97. The third kappa shape index (κ3) is 5.39. The number of nitrogens with two attached hydrogens (primary N) is 2. The van der Waals surface area contributed by atoms with Gasteiger partial charge in [0.25, 0.3) is 0 Å². The molecular weight excluding hydrogens is 304 g/mol. The molecule has 0 amide bonds. The van der Waals surface area contributed by atoms with Gasteiger partial charge in [0.15, 0.2) is 0 Å². The van der Waals surface area contributed by atoms with Gasteiger partial charge in [-0.1, -0.05) is 48.5 Å². The fourth-order valence-corrected chi connectivity index (χ4v) is 2.66. The van der Waals surface area contributed by atoms with Gasteiger partial charge >= 0.3 is 0 Å². The Bertz CT molecular complexity index is 836. The zero-order valence-corrected chi connectivity index (χ0v) is 15.6. The first-order valence-electron chi connectivity index (χ1n) is 8.59. The van der Waals surface area contributed by atoms with Crippen LogP contribution >= 0.6 is 0 Å². The molecule has 0 radical (unpaired) electrons. The molecule has 0 aliphatic rings. The Morgan fingerprint density at radius 3 is 1.88 bits per heavy atom. The number of hydrogen-bond acceptors (Lipinski definition) is 2. The van der Waals surface area contributed by atoms with Crippen molar-refractivity contribution in [3.8, 4) is 0 Å². The minimum atomic E-state index is 0.884. The number of anilines is 2. The number of hydrogen-bond donors (Lipinski definition) is 2. The zero-order chi connectivity index (χ0) is 18.4. The highest BCUT2D eigenvalue weighted by Gasteiger charge is 2.03.